The third-order valence-corrected chi connectivity index (χ3v) is 7.23. The molecule has 1 atom stereocenters. The van der Waals surface area contributed by atoms with E-state index in [0.717, 1.165) is 48.0 Å². The van der Waals surface area contributed by atoms with E-state index in [0.29, 0.717) is 12.5 Å². The third-order valence-electron chi connectivity index (χ3n) is 6.13. The van der Waals surface area contributed by atoms with Gasteiger partial charge in [-0.25, -0.2) is 9.97 Å². The summed E-state index contributed by atoms with van der Waals surface area (Å²) in [5.74, 6) is 2.11. The van der Waals surface area contributed by atoms with Crippen molar-refractivity contribution in [1.82, 2.24) is 19.8 Å². The van der Waals surface area contributed by atoms with Crippen LogP contribution in [0.25, 0.3) is 10.2 Å². The van der Waals surface area contributed by atoms with Gasteiger partial charge in [-0.05, 0) is 58.2 Å². The lowest BCUT2D eigenvalue weighted by molar-refractivity contribution is -0.128. The summed E-state index contributed by atoms with van der Waals surface area (Å²) in [6, 6.07) is 0.640. The van der Waals surface area contributed by atoms with Crippen molar-refractivity contribution >= 4 is 33.3 Å². The van der Waals surface area contributed by atoms with Gasteiger partial charge in [-0.2, -0.15) is 0 Å². The molecular formula is C20H27N5OS. The van der Waals surface area contributed by atoms with E-state index in [1.54, 1.807) is 11.3 Å². The highest BCUT2D eigenvalue weighted by Crippen LogP contribution is 2.36. The van der Waals surface area contributed by atoms with E-state index in [1.165, 1.54) is 36.1 Å². The molecule has 5 rings (SSSR count). The SMILES string of the molecule is Cc1sc2nc(CN3CCCC3)nc(NC3CC(=O)N(C4CC4)C3)c2c1C. The maximum atomic E-state index is 12.3. The van der Waals surface area contributed by atoms with Crippen LogP contribution in [-0.2, 0) is 11.3 Å². The van der Waals surface area contributed by atoms with Gasteiger partial charge in [-0.1, -0.05) is 0 Å². The smallest absolute Gasteiger partial charge is 0.225 e. The highest BCUT2D eigenvalue weighted by atomic mass is 32.1. The molecule has 3 aliphatic rings. The predicted molar refractivity (Wildman–Crippen MR) is 108 cm³/mol. The highest BCUT2D eigenvalue weighted by Gasteiger charge is 2.39. The summed E-state index contributed by atoms with van der Waals surface area (Å²) < 4.78 is 0. The molecule has 2 aromatic rings. The second-order valence-electron chi connectivity index (χ2n) is 8.26. The minimum absolute atomic E-state index is 0.149. The van der Waals surface area contributed by atoms with Crippen LogP contribution in [0.5, 0.6) is 0 Å². The van der Waals surface area contributed by atoms with E-state index in [9.17, 15) is 4.79 Å². The van der Waals surface area contributed by atoms with Crippen molar-refractivity contribution in [1.29, 1.82) is 0 Å². The zero-order valence-electron chi connectivity index (χ0n) is 16.1. The van der Waals surface area contributed by atoms with Crippen LogP contribution in [0.4, 0.5) is 5.82 Å². The lowest BCUT2D eigenvalue weighted by Crippen LogP contribution is -2.30. The van der Waals surface area contributed by atoms with Crippen molar-refractivity contribution in [2.75, 3.05) is 25.0 Å². The first-order chi connectivity index (χ1) is 13.1. The third kappa shape index (κ3) is 3.31. The Kier molecular flexibility index (Phi) is 4.31. The minimum atomic E-state index is 0.149. The number of amides is 1. The molecule has 6 nitrogen and oxygen atoms in total. The van der Waals surface area contributed by atoms with E-state index in [2.05, 4.69) is 29.0 Å². The zero-order valence-corrected chi connectivity index (χ0v) is 16.9. The molecule has 2 aromatic heterocycles. The van der Waals surface area contributed by atoms with E-state index in [1.807, 2.05) is 0 Å². The van der Waals surface area contributed by atoms with Gasteiger partial charge in [0, 0.05) is 23.9 Å². The van der Waals surface area contributed by atoms with Crippen LogP contribution in [0.3, 0.4) is 0 Å². The fourth-order valence-corrected chi connectivity index (χ4v) is 5.42. The number of nitrogens with one attached hydrogen (secondary N) is 1. The summed E-state index contributed by atoms with van der Waals surface area (Å²) in [7, 11) is 0. The van der Waals surface area contributed by atoms with Gasteiger partial charge < -0.3 is 10.2 Å². The van der Waals surface area contributed by atoms with Crippen LogP contribution < -0.4 is 5.32 Å². The first kappa shape index (κ1) is 17.4. The monoisotopic (exact) mass is 385 g/mol. The Bertz CT molecular complexity index is 884. The van der Waals surface area contributed by atoms with Crippen molar-refractivity contribution in [2.24, 2.45) is 0 Å². The molecule has 4 heterocycles. The van der Waals surface area contributed by atoms with Crippen LogP contribution in [0.15, 0.2) is 0 Å². The van der Waals surface area contributed by atoms with Gasteiger partial charge in [0.2, 0.25) is 5.91 Å². The summed E-state index contributed by atoms with van der Waals surface area (Å²) in [5.41, 5.74) is 1.26. The highest BCUT2D eigenvalue weighted by molar-refractivity contribution is 7.18. The number of carbonyl (C=O) groups is 1. The molecule has 27 heavy (non-hydrogen) atoms. The molecule has 1 saturated carbocycles. The van der Waals surface area contributed by atoms with Crippen molar-refractivity contribution in [3.8, 4) is 0 Å². The van der Waals surface area contributed by atoms with Crippen LogP contribution in [0.2, 0.25) is 0 Å². The van der Waals surface area contributed by atoms with E-state index in [4.69, 9.17) is 9.97 Å². The Labute approximate surface area is 164 Å². The number of aryl methyl sites for hydroxylation is 2. The number of aromatic nitrogens is 2. The van der Waals surface area contributed by atoms with E-state index < -0.39 is 0 Å². The van der Waals surface area contributed by atoms with E-state index >= 15 is 0 Å². The Hall–Kier alpha value is -1.73. The number of hydrogen-bond donors (Lipinski definition) is 1. The Morgan fingerprint density at radius 1 is 1.19 bits per heavy atom. The minimum Gasteiger partial charge on any atom is -0.364 e. The second kappa shape index (κ2) is 6.71. The zero-order chi connectivity index (χ0) is 18.5. The number of nitrogens with zero attached hydrogens (tertiary/aromatic N) is 4. The molecule has 1 unspecified atom stereocenters. The summed E-state index contributed by atoms with van der Waals surface area (Å²) in [4.78, 5) is 29.0. The first-order valence-electron chi connectivity index (χ1n) is 10.1. The molecule has 0 radical (unpaired) electrons. The van der Waals surface area contributed by atoms with Gasteiger partial charge in [0.1, 0.15) is 16.5 Å². The van der Waals surface area contributed by atoms with Crippen molar-refractivity contribution in [3.05, 3.63) is 16.3 Å². The average molecular weight is 386 g/mol. The molecule has 144 valence electrons. The molecule has 1 aliphatic carbocycles. The molecule has 1 N–H and O–H groups in total. The van der Waals surface area contributed by atoms with Crippen LogP contribution in [0, 0.1) is 13.8 Å². The topological polar surface area (TPSA) is 61.4 Å². The predicted octanol–water partition coefficient (Wildman–Crippen LogP) is 3.08. The number of carbonyl (C=O) groups excluding carboxylic acids is 1. The van der Waals surface area contributed by atoms with Crippen LogP contribution in [0.1, 0.15) is 48.4 Å². The van der Waals surface area contributed by atoms with Crippen LogP contribution >= 0.6 is 11.3 Å². The standard InChI is InChI=1S/C20H27N5OS/c1-12-13(2)27-20-18(12)19(22-16(23-20)11-24-7-3-4-8-24)21-14-9-17(26)25(10-14)15-5-6-15/h14-15H,3-11H2,1-2H3,(H,21,22,23). The maximum absolute atomic E-state index is 12.3. The molecule has 7 heteroatoms. The second-order valence-corrected chi connectivity index (χ2v) is 9.46. The fraction of sp³-hybridized carbons (Fsp3) is 0.650. The van der Waals surface area contributed by atoms with Crippen molar-refractivity contribution in [3.63, 3.8) is 0 Å². The number of anilines is 1. The molecule has 0 aromatic carbocycles. The maximum Gasteiger partial charge on any atom is 0.225 e. The molecule has 0 spiro atoms. The number of hydrogen-bond acceptors (Lipinski definition) is 6. The molecule has 3 fully saturated rings. The largest absolute Gasteiger partial charge is 0.364 e. The summed E-state index contributed by atoms with van der Waals surface area (Å²) >= 11 is 1.75. The Balaban J connectivity index is 1.44. The molecule has 1 amide bonds. The first-order valence-corrected chi connectivity index (χ1v) is 10.9. The molecule has 2 aliphatic heterocycles. The summed E-state index contributed by atoms with van der Waals surface area (Å²) in [6.07, 6.45) is 5.45. The van der Waals surface area contributed by atoms with E-state index in [-0.39, 0.29) is 11.9 Å². The molecule has 2 saturated heterocycles. The Morgan fingerprint density at radius 2 is 1.96 bits per heavy atom. The summed E-state index contributed by atoms with van der Waals surface area (Å²) in [5, 5.41) is 4.76. The van der Waals surface area contributed by atoms with Gasteiger partial charge in [0.05, 0.1) is 18.0 Å². The lowest BCUT2D eigenvalue weighted by atomic mass is 10.2. The molecular weight excluding hydrogens is 358 g/mol. The number of likely N-dealkylation sites (tertiary alicyclic amines) is 2. The van der Waals surface area contributed by atoms with Gasteiger partial charge in [0.15, 0.2) is 0 Å². The molecule has 0 bridgehead atoms. The number of thiophene rings is 1. The van der Waals surface area contributed by atoms with Crippen LogP contribution in [-0.4, -0.2) is 57.4 Å². The lowest BCUT2D eigenvalue weighted by Gasteiger charge is -2.18. The van der Waals surface area contributed by atoms with Gasteiger partial charge >= 0.3 is 0 Å². The number of rotatable bonds is 5. The van der Waals surface area contributed by atoms with Gasteiger partial charge in [-0.3, -0.25) is 9.69 Å². The Morgan fingerprint density at radius 3 is 2.70 bits per heavy atom. The average Bonchev–Trinajstić information content (AvgIpc) is 3.10. The quantitative estimate of drug-likeness (QED) is 0.857. The van der Waals surface area contributed by atoms with Gasteiger partial charge in [0.25, 0.3) is 0 Å². The number of fused-ring (bicyclic) bond motifs is 1. The van der Waals surface area contributed by atoms with Gasteiger partial charge in [-0.15, -0.1) is 11.3 Å². The van der Waals surface area contributed by atoms with Crippen molar-refractivity contribution in [2.45, 2.75) is 64.6 Å². The fourth-order valence-electron chi connectivity index (χ4n) is 4.37. The van der Waals surface area contributed by atoms with Crippen molar-refractivity contribution < 1.29 is 4.79 Å². The normalized spacial score (nSPS) is 23.7. The summed E-state index contributed by atoms with van der Waals surface area (Å²) in [6.45, 7) is 8.20.